The Kier molecular flexibility index (Phi) is 25.0. The number of nitrogens with one attached hydrogen (secondary N) is 3. The average Bonchev–Trinajstić information content (AvgIpc) is 3.62. The Balaban J connectivity index is 1.50. The van der Waals surface area contributed by atoms with Gasteiger partial charge in [-0.15, -0.1) is 0 Å². The maximum absolute atomic E-state index is 14.0. The summed E-state index contributed by atoms with van der Waals surface area (Å²) < 4.78 is 23.6. The minimum atomic E-state index is -0.849. The van der Waals surface area contributed by atoms with Crippen molar-refractivity contribution in [3.8, 4) is 0 Å². The molecule has 1 aromatic carbocycles. The second-order valence-corrected chi connectivity index (χ2v) is 15.5. The average molecular weight is 796 g/mol. The van der Waals surface area contributed by atoms with E-state index in [0.29, 0.717) is 45.6 Å². The van der Waals surface area contributed by atoms with Gasteiger partial charge in [-0.2, -0.15) is 0 Å². The number of aliphatic hydroxyl groups is 1. The lowest BCUT2D eigenvalue weighted by molar-refractivity contribution is -0.123. The van der Waals surface area contributed by atoms with Gasteiger partial charge in [-0.25, -0.2) is 4.98 Å². The minimum absolute atomic E-state index is 0.0704. The fraction of sp³-hybridized carbons (Fsp3) is 0.698. The molecule has 0 spiro atoms. The normalized spacial score (nSPS) is 16.4. The zero-order valence-electron chi connectivity index (χ0n) is 34.8. The van der Waals surface area contributed by atoms with E-state index in [0.717, 1.165) is 89.0 Å². The van der Waals surface area contributed by atoms with Crippen LogP contribution in [0.15, 0.2) is 48.9 Å². The lowest BCUT2D eigenvalue weighted by atomic mass is 9.74. The van der Waals surface area contributed by atoms with Gasteiger partial charge in [0.2, 0.25) is 11.8 Å². The Morgan fingerprint density at radius 1 is 0.825 bits per heavy atom. The van der Waals surface area contributed by atoms with Gasteiger partial charge in [0.25, 0.3) is 5.91 Å². The van der Waals surface area contributed by atoms with Crippen LogP contribution in [0.5, 0.6) is 0 Å². The van der Waals surface area contributed by atoms with E-state index in [2.05, 4.69) is 39.8 Å². The number of hydrogen-bond donors (Lipinski definition) is 4. The van der Waals surface area contributed by atoms with Gasteiger partial charge in [0.05, 0.1) is 44.2 Å². The molecule has 4 unspecified atom stereocenters. The number of carbonyl (C=O) groups is 3. The highest BCUT2D eigenvalue weighted by atomic mass is 16.7. The van der Waals surface area contributed by atoms with Crippen molar-refractivity contribution in [2.75, 3.05) is 40.1 Å². The number of hydrogen-bond acceptors (Lipinski definition) is 10. The third kappa shape index (κ3) is 20.7. The van der Waals surface area contributed by atoms with Gasteiger partial charge in [0, 0.05) is 45.5 Å². The van der Waals surface area contributed by atoms with E-state index < -0.39 is 25.0 Å². The van der Waals surface area contributed by atoms with Crippen LogP contribution in [0.25, 0.3) is 0 Å². The predicted octanol–water partition coefficient (Wildman–Crippen LogP) is 5.78. The highest BCUT2D eigenvalue weighted by molar-refractivity contribution is 6.47. The van der Waals surface area contributed by atoms with E-state index in [1.54, 1.807) is 7.11 Å². The summed E-state index contributed by atoms with van der Waals surface area (Å²) in [5.41, 5.74) is 1.06. The Morgan fingerprint density at radius 3 is 2.09 bits per heavy atom. The molecule has 3 rings (SSSR count). The Hall–Kier alpha value is -3.43. The van der Waals surface area contributed by atoms with Crippen LogP contribution < -0.4 is 16.0 Å². The molecule has 1 aliphatic heterocycles. The van der Waals surface area contributed by atoms with Crippen LogP contribution in [-0.2, 0) is 34.8 Å². The summed E-state index contributed by atoms with van der Waals surface area (Å²) in [6.07, 6.45) is 20.0. The first-order valence-electron chi connectivity index (χ1n) is 21.5. The van der Waals surface area contributed by atoms with Crippen molar-refractivity contribution in [1.82, 2.24) is 25.9 Å². The molecule has 0 aliphatic carbocycles. The molecule has 4 N–H and O–H groups in total. The third-order valence-corrected chi connectivity index (χ3v) is 10.2. The van der Waals surface area contributed by atoms with E-state index in [-0.39, 0.29) is 42.2 Å². The van der Waals surface area contributed by atoms with Crippen molar-refractivity contribution in [2.24, 2.45) is 5.92 Å². The van der Waals surface area contributed by atoms with Gasteiger partial charge in [-0.1, -0.05) is 108 Å². The fourth-order valence-corrected chi connectivity index (χ4v) is 7.08. The molecule has 2 heterocycles. The van der Waals surface area contributed by atoms with Crippen molar-refractivity contribution >= 4 is 24.8 Å². The van der Waals surface area contributed by atoms with Crippen molar-refractivity contribution in [3.63, 3.8) is 0 Å². The van der Waals surface area contributed by atoms with Crippen LogP contribution in [0, 0.1) is 5.92 Å². The number of aromatic nitrogens is 2. The molecule has 1 fully saturated rings. The van der Waals surface area contributed by atoms with Crippen LogP contribution in [-0.4, -0.2) is 104 Å². The first-order chi connectivity index (χ1) is 27.8. The van der Waals surface area contributed by atoms with Gasteiger partial charge in [-0.05, 0) is 43.6 Å². The molecule has 1 saturated heterocycles. The zero-order valence-corrected chi connectivity index (χ0v) is 34.8. The number of amides is 3. The van der Waals surface area contributed by atoms with Gasteiger partial charge in [-0.3, -0.25) is 19.4 Å². The van der Waals surface area contributed by atoms with Crippen molar-refractivity contribution in [3.05, 3.63) is 60.2 Å². The molecule has 318 valence electrons. The number of nitrogens with zero attached hydrogens (tertiary/aromatic N) is 2. The van der Waals surface area contributed by atoms with Gasteiger partial charge in [0.15, 0.2) is 0 Å². The number of rotatable bonds is 32. The number of unbranched alkanes of at least 4 members (excludes halogenated alkanes) is 10. The molecule has 0 saturated carbocycles. The molecule has 2 aromatic rings. The highest BCUT2D eigenvalue weighted by Gasteiger charge is 2.45. The SMILES string of the molecule is COCCOCCNC(=O)CCCCCCCCCCC1OB(C(CC(C)C)NC(=O)C(Cc2ccccc2)NC(=O)c2cnccn2)OC1CCCCCCO. The molecule has 13 nitrogen and oxygen atoms in total. The second-order valence-electron chi connectivity index (χ2n) is 15.5. The predicted molar refractivity (Wildman–Crippen MR) is 222 cm³/mol. The number of benzene rings is 1. The number of carbonyl (C=O) groups excluding carboxylic acids is 3. The van der Waals surface area contributed by atoms with Gasteiger partial charge < -0.3 is 39.8 Å². The molecule has 4 atom stereocenters. The summed E-state index contributed by atoms with van der Waals surface area (Å²) >= 11 is 0. The topological polar surface area (TPSA) is 170 Å². The van der Waals surface area contributed by atoms with Gasteiger partial charge >= 0.3 is 7.12 Å². The van der Waals surface area contributed by atoms with Crippen molar-refractivity contribution < 1.29 is 38.3 Å². The lowest BCUT2D eigenvalue weighted by Crippen LogP contribution is -2.55. The van der Waals surface area contributed by atoms with E-state index in [4.69, 9.17) is 18.8 Å². The Labute approximate surface area is 341 Å². The summed E-state index contributed by atoms with van der Waals surface area (Å²) in [4.78, 5) is 47.4. The molecule has 1 aliphatic rings. The summed E-state index contributed by atoms with van der Waals surface area (Å²) in [7, 11) is 1.03. The second kappa shape index (κ2) is 29.7. The lowest BCUT2D eigenvalue weighted by Gasteiger charge is -2.26. The summed E-state index contributed by atoms with van der Waals surface area (Å²) in [5.74, 6) is -0.833. The molecular formula is C43H70BN5O8. The number of methoxy groups -OCH3 is 1. The first-order valence-corrected chi connectivity index (χ1v) is 21.5. The molecular weight excluding hydrogens is 725 g/mol. The van der Waals surface area contributed by atoms with Crippen LogP contribution in [0.4, 0.5) is 0 Å². The van der Waals surface area contributed by atoms with E-state index in [1.807, 2.05) is 30.3 Å². The van der Waals surface area contributed by atoms with E-state index in [1.165, 1.54) is 25.0 Å². The molecule has 0 radical (unpaired) electrons. The van der Waals surface area contributed by atoms with Crippen LogP contribution in [0.2, 0.25) is 0 Å². The van der Waals surface area contributed by atoms with Gasteiger partial charge in [0.1, 0.15) is 11.7 Å². The van der Waals surface area contributed by atoms with Crippen molar-refractivity contribution in [1.29, 1.82) is 0 Å². The quantitative estimate of drug-likeness (QED) is 0.0526. The molecule has 57 heavy (non-hydrogen) atoms. The van der Waals surface area contributed by atoms with Crippen LogP contribution in [0.1, 0.15) is 133 Å². The smallest absolute Gasteiger partial charge is 0.404 e. The number of ether oxygens (including phenoxy) is 2. The summed E-state index contributed by atoms with van der Waals surface area (Å²) in [5, 5.41) is 18.3. The maximum atomic E-state index is 14.0. The standard InChI is InChI=1S/C43H70BN5O8/c1-34(2)31-40(49-42(52)36(32-35-19-13-12-14-20-35)48-43(53)37-33-45-24-25-46-37)44-56-38(39(57-44)22-16-10-11-18-27-50)21-15-8-6-4-5-7-9-17-23-41(51)47-26-28-55-30-29-54-3/h12-14,19-20,24-25,33-34,36,38-40,50H,4-11,15-18,21-23,26-32H2,1-3H3,(H,47,51)(H,48,53)(H,49,52). The monoisotopic (exact) mass is 796 g/mol. The van der Waals surface area contributed by atoms with E-state index >= 15 is 0 Å². The highest BCUT2D eigenvalue weighted by Crippen LogP contribution is 2.29. The first kappa shape index (κ1) is 47.9. The van der Waals surface area contributed by atoms with Crippen molar-refractivity contribution in [2.45, 2.75) is 147 Å². The van der Waals surface area contributed by atoms with Crippen LogP contribution in [0.3, 0.4) is 0 Å². The fourth-order valence-electron chi connectivity index (χ4n) is 7.08. The Bertz CT molecular complexity index is 1360. The van der Waals surface area contributed by atoms with E-state index in [9.17, 15) is 19.5 Å². The molecule has 1 aromatic heterocycles. The zero-order chi connectivity index (χ0) is 40.9. The third-order valence-electron chi connectivity index (χ3n) is 10.2. The number of aliphatic hydroxyl groups excluding tert-OH is 1. The molecule has 14 heteroatoms. The minimum Gasteiger partial charge on any atom is -0.404 e. The summed E-state index contributed by atoms with van der Waals surface area (Å²) in [6, 6.07) is 8.77. The Morgan fingerprint density at radius 2 is 1.47 bits per heavy atom. The van der Waals surface area contributed by atoms with Crippen LogP contribution >= 0.6 is 0 Å². The summed E-state index contributed by atoms with van der Waals surface area (Å²) in [6.45, 7) is 6.57. The largest absolute Gasteiger partial charge is 0.481 e. The maximum Gasteiger partial charge on any atom is 0.481 e. The molecule has 3 amide bonds. The molecule has 0 bridgehead atoms.